The van der Waals surface area contributed by atoms with Crippen LogP contribution in [0.2, 0.25) is 5.02 Å². The first-order chi connectivity index (χ1) is 13.8. The average Bonchev–Trinajstić information content (AvgIpc) is 2.97. The number of carbonyl (C=O) groups excluding carboxylic acids is 1. The third kappa shape index (κ3) is 5.00. The van der Waals surface area contributed by atoms with Gasteiger partial charge in [-0.05, 0) is 32.9 Å². The Hall–Kier alpha value is -2.43. The molecule has 0 aliphatic carbocycles. The van der Waals surface area contributed by atoms with Crippen LogP contribution in [0.1, 0.15) is 36.8 Å². The van der Waals surface area contributed by atoms with Gasteiger partial charge in [0.05, 0.1) is 17.9 Å². The number of benzene rings is 1. The molecule has 0 saturated carbocycles. The molecule has 12 heteroatoms. The van der Waals surface area contributed by atoms with E-state index in [4.69, 9.17) is 16.3 Å². The van der Waals surface area contributed by atoms with Gasteiger partial charge in [0.1, 0.15) is 11.1 Å². The highest BCUT2D eigenvalue weighted by atomic mass is 35.5. The van der Waals surface area contributed by atoms with Crippen molar-refractivity contribution in [1.82, 2.24) is 9.78 Å². The Labute approximate surface area is 173 Å². The van der Waals surface area contributed by atoms with Gasteiger partial charge in [0.2, 0.25) is 0 Å². The molecule has 0 bridgehead atoms. The molecule has 0 amide bonds. The second kappa shape index (κ2) is 8.75. The number of carbonyl (C=O) groups is 1. The van der Waals surface area contributed by atoms with Gasteiger partial charge in [-0.25, -0.2) is 4.79 Å². The van der Waals surface area contributed by atoms with Gasteiger partial charge >= 0.3 is 18.3 Å². The molecule has 0 spiro atoms. The fourth-order valence-electron chi connectivity index (χ4n) is 2.66. The SMILES string of the molecule is CCOC(=O)c1nn(CC)c(-c2ccc(N[C@H](C)C(F)(F)F)cc2C(F)(F)F)c1Cl. The molecular formula is C18H18ClF6N3O2. The van der Waals surface area contributed by atoms with Gasteiger partial charge in [0, 0.05) is 17.8 Å². The van der Waals surface area contributed by atoms with Gasteiger partial charge in [-0.15, -0.1) is 0 Å². The van der Waals surface area contributed by atoms with Crippen LogP contribution in [0, 0.1) is 0 Å². The maximum absolute atomic E-state index is 13.7. The highest BCUT2D eigenvalue weighted by Crippen LogP contribution is 2.42. The van der Waals surface area contributed by atoms with E-state index in [1.54, 1.807) is 13.8 Å². The Morgan fingerprint density at radius 3 is 2.37 bits per heavy atom. The highest BCUT2D eigenvalue weighted by Gasteiger charge is 2.38. The van der Waals surface area contributed by atoms with E-state index in [-0.39, 0.29) is 35.2 Å². The molecule has 0 saturated heterocycles. The monoisotopic (exact) mass is 457 g/mol. The Balaban J connectivity index is 2.63. The number of esters is 1. The number of anilines is 1. The summed E-state index contributed by atoms with van der Waals surface area (Å²) in [5.74, 6) is -0.901. The number of hydrogen-bond acceptors (Lipinski definition) is 4. The van der Waals surface area contributed by atoms with Crippen LogP contribution >= 0.6 is 11.6 Å². The van der Waals surface area contributed by atoms with E-state index in [1.165, 1.54) is 0 Å². The van der Waals surface area contributed by atoms with Crippen LogP contribution in [0.15, 0.2) is 18.2 Å². The molecule has 0 unspecified atom stereocenters. The summed E-state index contributed by atoms with van der Waals surface area (Å²) >= 11 is 6.16. The number of hydrogen-bond donors (Lipinski definition) is 1. The van der Waals surface area contributed by atoms with Gasteiger partial charge in [-0.2, -0.15) is 31.4 Å². The Morgan fingerprint density at radius 2 is 1.87 bits per heavy atom. The summed E-state index contributed by atoms with van der Waals surface area (Å²) in [6, 6.07) is 0.549. The van der Waals surface area contributed by atoms with Crippen molar-refractivity contribution < 1.29 is 35.9 Å². The lowest BCUT2D eigenvalue weighted by atomic mass is 10.0. The quantitative estimate of drug-likeness (QED) is 0.441. The van der Waals surface area contributed by atoms with Gasteiger partial charge in [0.25, 0.3) is 0 Å². The minimum atomic E-state index is -4.91. The zero-order chi connectivity index (χ0) is 22.9. The van der Waals surface area contributed by atoms with E-state index < -0.39 is 35.5 Å². The standard InChI is InChI=1S/C18H18ClF6N3O2/c1-4-28-15(13(19)14(27-28)16(29)30-5-2)11-7-6-10(8-12(11)18(23,24)25)26-9(3)17(20,21)22/h6-9,26H,4-5H2,1-3H3/t9-/m1/s1. The molecule has 0 aliphatic rings. The number of nitrogens with one attached hydrogen (secondary N) is 1. The predicted octanol–water partition coefficient (Wildman–Crippen LogP) is 5.78. The van der Waals surface area contributed by atoms with Crippen molar-refractivity contribution in [2.24, 2.45) is 0 Å². The molecular weight excluding hydrogens is 440 g/mol. The van der Waals surface area contributed by atoms with Crippen molar-refractivity contribution in [3.05, 3.63) is 34.5 Å². The molecule has 1 N–H and O–H groups in total. The minimum absolute atomic E-state index is 0.00897. The molecule has 1 aromatic heterocycles. The van der Waals surface area contributed by atoms with Gasteiger partial charge in [0.15, 0.2) is 5.69 Å². The summed E-state index contributed by atoms with van der Waals surface area (Å²) in [5, 5.41) is 5.59. The van der Waals surface area contributed by atoms with Crippen LogP contribution in [0.5, 0.6) is 0 Å². The number of aryl methyl sites for hydroxylation is 1. The van der Waals surface area contributed by atoms with Crippen LogP contribution < -0.4 is 5.32 Å². The van der Waals surface area contributed by atoms with Crippen molar-refractivity contribution in [2.75, 3.05) is 11.9 Å². The molecule has 2 rings (SSSR count). The van der Waals surface area contributed by atoms with Gasteiger partial charge in [-0.1, -0.05) is 17.7 Å². The number of aromatic nitrogens is 2. The van der Waals surface area contributed by atoms with Gasteiger partial charge in [-0.3, -0.25) is 4.68 Å². The molecule has 0 radical (unpaired) electrons. The average molecular weight is 458 g/mol. The zero-order valence-corrected chi connectivity index (χ0v) is 16.8. The topological polar surface area (TPSA) is 56.1 Å². The largest absolute Gasteiger partial charge is 0.461 e. The van der Waals surface area contributed by atoms with E-state index in [1.807, 2.05) is 5.32 Å². The first-order valence-electron chi connectivity index (χ1n) is 8.79. The molecule has 0 fully saturated rings. The van der Waals surface area contributed by atoms with E-state index in [0.29, 0.717) is 6.07 Å². The summed E-state index contributed by atoms with van der Waals surface area (Å²) in [7, 11) is 0. The Kier molecular flexibility index (Phi) is 6.95. The lowest BCUT2D eigenvalue weighted by Crippen LogP contribution is -2.33. The smallest absolute Gasteiger partial charge is 0.417 e. The number of nitrogens with zero attached hydrogens (tertiary/aromatic N) is 2. The predicted molar refractivity (Wildman–Crippen MR) is 98.4 cm³/mol. The maximum atomic E-state index is 13.7. The Bertz CT molecular complexity index is 924. The molecule has 30 heavy (non-hydrogen) atoms. The van der Waals surface area contributed by atoms with Crippen molar-refractivity contribution in [1.29, 1.82) is 0 Å². The number of rotatable bonds is 6. The highest BCUT2D eigenvalue weighted by molar-refractivity contribution is 6.35. The van der Waals surface area contributed by atoms with E-state index >= 15 is 0 Å². The maximum Gasteiger partial charge on any atom is 0.417 e. The molecule has 1 aromatic carbocycles. The van der Waals surface area contributed by atoms with Crippen molar-refractivity contribution >= 4 is 23.3 Å². The lowest BCUT2D eigenvalue weighted by molar-refractivity contribution is -0.138. The van der Waals surface area contributed by atoms with Crippen LogP contribution in [0.3, 0.4) is 0 Å². The normalized spacial score (nSPS) is 13.3. The molecule has 1 heterocycles. The summed E-state index contributed by atoms with van der Waals surface area (Å²) in [6.07, 6.45) is -9.56. The summed E-state index contributed by atoms with van der Waals surface area (Å²) in [5.41, 5.74) is -2.57. The second-order valence-electron chi connectivity index (χ2n) is 6.21. The van der Waals surface area contributed by atoms with Gasteiger partial charge < -0.3 is 10.1 Å². The second-order valence-corrected chi connectivity index (χ2v) is 6.59. The third-order valence-electron chi connectivity index (χ3n) is 4.12. The third-order valence-corrected chi connectivity index (χ3v) is 4.48. The number of halogens is 7. The summed E-state index contributed by atoms with van der Waals surface area (Å²) in [4.78, 5) is 12.0. The van der Waals surface area contributed by atoms with E-state index in [2.05, 4.69) is 5.10 Å². The van der Waals surface area contributed by atoms with E-state index in [9.17, 15) is 31.1 Å². The van der Waals surface area contributed by atoms with Crippen molar-refractivity contribution in [3.8, 4) is 11.3 Å². The van der Waals surface area contributed by atoms with Crippen LogP contribution in [-0.2, 0) is 17.5 Å². The summed E-state index contributed by atoms with van der Waals surface area (Å²) in [6.45, 7) is 4.00. The van der Waals surface area contributed by atoms with Crippen LogP contribution in [0.4, 0.5) is 32.0 Å². The van der Waals surface area contributed by atoms with E-state index in [0.717, 1.165) is 23.7 Å². The number of alkyl halides is 6. The summed E-state index contributed by atoms with van der Waals surface area (Å²) < 4.78 is 85.3. The fourth-order valence-corrected chi connectivity index (χ4v) is 2.98. The molecule has 166 valence electrons. The van der Waals surface area contributed by atoms with Crippen molar-refractivity contribution in [2.45, 2.75) is 45.7 Å². The first-order valence-corrected chi connectivity index (χ1v) is 9.17. The number of ether oxygens (including phenoxy) is 1. The molecule has 5 nitrogen and oxygen atoms in total. The lowest BCUT2D eigenvalue weighted by Gasteiger charge is -2.21. The first kappa shape index (κ1) is 23.8. The fraction of sp³-hybridized carbons (Fsp3) is 0.444. The zero-order valence-electron chi connectivity index (χ0n) is 16.1. The molecule has 0 aliphatic heterocycles. The molecule has 1 atom stereocenters. The molecule has 2 aromatic rings. The minimum Gasteiger partial charge on any atom is -0.461 e. The van der Waals surface area contributed by atoms with Crippen molar-refractivity contribution in [3.63, 3.8) is 0 Å². The Morgan fingerprint density at radius 1 is 1.23 bits per heavy atom. The van der Waals surface area contributed by atoms with Crippen LogP contribution in [0.25, 0.3) is 11.3 Å². The van der Waals surface area contributed by atoms with Crippen LogP contribution in [-0.4, -0.2) is 34.6 Å².